The molecule has 1 aliphatic heterocycles. The van der Waals surface area contributed by atoms with Gasteiger partial charge in [-0.3, -0.25) is 9.59 Å². The van der Waals surface area contributed by atoms with E-state index in [2.05, 4.69) is 15.0 Å². The van der Waals surface area contributed by atoms with Crippen LogP contribution in [-0.2, 0) is 14.3 Å². The maximum absolute atomic E-state index is 12.0. The van der Waals surface area contributed by atoms with E-state index in [9.17, 15) is 9.59 Å². The number of amides is 1. The summed E-state index contributed by atoms with van der Waals surface area (Å²) in [6, 6.07) is 5.67. The number of carbonyl (C=O) groups excluding carboxylic acids is 2. The number of esters is 1. The first-order valence-electron chi connectivity index (χ1n) is 7.10. The van der Waals surface area contributed by atoms with Crippen LogP contribution in [0.5, 0.6) is 0 Å². The minimum Gasteiger partial charge on any atom is -0.468 e. The molecule has 6 nitrogen and oxygen atoms in total. The number of anilines is 2. The van der Waals surface area contributed by atoms with Crippen LogP contribution in [0, 0.1) is 0 Å². The van der Waals surface area contributed by atoms with E-state index in [1.807, 2.05) is 30.1 Å². The van der Waals surface area contributed by atoms with E-state index in [0.717, 1.165) is 30.9 Å². The van der Waals surface area contributed by atoms with E-state index >= 15 is 0 Å². The molecule has 1 aromatic rings. The van der Waals surface area contributed by atoms with Gasteiger partial charge >= 0.3 is 5.97 Å². The lowest BCUT2D eigenvalue weighted by Crippen LogP contribution is -2.40. The van der Waals surface area contributed by atoms with Crippen molar-refractivity contribution >= 4 is 34.9 Å². The number of hydrogen-bond donors (Lipinski definition) is 1. The van der Waals surface area contributed by atoms with Crippen molar-refractivity contribution in [1.82, 2.24) is 5.32 Å². The number of methoxy groups -OCH3 is 1. The maximum Gasteiger partial charge on any atom is 0.325 e. The van der Waals surface area contributed by atoms with Crippen LogP contribution < -0.4 is 15.1 Å². The number of nitrogens with one attached hydrogen (secondary N) is 1. The van der Waals surface area contributed by atoms with Gasteiger partial charge in [0, 0.05) is 25.2 Å². The molecular weight excluding hydrogens is 306 g/mol. The number of hydrogen-bond acceptors (Lipinski definition) is 5. The summed E-state index contributed by atoms with van der Waals surface area (Å²) in [4.78, 5) is 27.2. The molecule has 1 heterocycles. The van der Waals surface area contributed by atoms with Gasteiger partial charge in [0.1, 0.15) is 6.54 Å². The second-order valence-corrected chi connectivity index (χ2v) is 5.62. The molecule has 1 N–H and O–H groups in total. The molecule has 120 valence electrons. The quantitative estimate of drug-likeness (QED) is 0.845. The second kappa shape index (κ2) is 7.35. The molecule has 0 aromatic heterocycles. The Labute approximate surface area is 135 Å². The normalized spacial score (nSPS) is 14.1. The Morgan fingerprint density at radius 2 is 2.09 bits per heavy atom. The van der Waals surface area contributed by atoms with Crippen LogP contribution in [0.25, 0.3) is 0 Å². The molecule has 1 aromatic carbocycles. The number of carbonyl (C=O) groups is 2. The predicted molar refractivity (Wildman–Crippen MR) is 86.6 cm³/mol. The highest BCUT2D eigenvalue weighted by atomic mass is 35.5. The van der Waals surface area contributed by atoms with Gasteiger partial charge in [0.2, 0.25) is 5.91 Å². The van der Waals surface area contributed by atoms with Crippen molar-refractivity contribution in [3.8, 4) is 0 Å². The monoisotopic (exact) mass is 325 g/mol. The summed E-state index contributed by atoms with van der Waals surface area (Å²) in [5, 5.41) is 3.19. The molecule has 2 rings (SSSR count). The zero-order valence-electron chi connectivity index (χ0n) is 12.8. The van der Waals surface area contributed by atoms with E-state index in [0.29, 0.717) is 5.02 Å². The third-order valence-corrected chi connectivity index (χ3v) is 3.84. The van der Waals surface area contributed by atoms with Gasteiger partial charge in [-0.2, -0.15) is 0 Å². The molecule has 0 spiro atoms. The van der Waals surface area contributed by atoms with Gasteiger partial charge < -0.3 is 19.9 Å². The molecular formula is C15H20ClN3O3. The van der Waals surface area contributed by atoms with Crippen molar-refractivity contribution in [3.63, 3.8) is 0 Å². The lowest BCUT2D eigenvalue weighted by atomic mass is 10.2. The summed E-state index contributed by atoms with van der Waals surface area (Å²) in [6.45, 7) is 1.72. The fourth-order valence-electron chi connectivity index (χ4n) is 2.45. The Kier molecular flexibility index (Phi) is 5.49. The molecule has 0 atom stereocenters. The largest absolute Gasteiger partial charge is 0.468 e. The minimum absolute atomic E-state index is 0.120. The highest BCUT2D eigenvalue weighted by Crippen LogP contribution is 2.33. The zero-order chi connectivity index (χ0) is 16.1. The second-order valence-electron chi connectivity index (χ2n) is 5.18. The van der Waals surface area contributed by atoms with Crippen LogP contribution in [0.15, 0.2) is 18.2 Å². The number of halogens is 1. The van der Waals surface area contributed by atoms with E-state index < -0.39 is 5.97 Å². The van der Waals surface area contributed by atoms with Gasteiger partial charge in [-0.05, 0) is 24.6 Å². The van der Waals surface area contributed by atoms with Crippen LogP contribution in [0.3, 0.4) is 0 Å². The van der Waals surface area contributed by atoms with Crippen molar-refractivity contribution in [3.05, 3.63) is 23.2 Å². The summed E-state index contributed by atoms with van der Waals surface area (Å²) in [5.74, 6) is -0.687. The van der Waals surface area contributed by atoms with E-state index in [-0.39, 0.29) is 19.0 Å². The molecule has 0 unspecified atom stereocenters. The van der Waals surface area contributed by atoms with E-state index in [4.69, 9.17) is 11.6 Å². The summed E-state index contributed by atoms with van der Waals surface area (Å²) in [5.41, 5.74) is 1.98. The Morgan fingerprint density at radius 3 is 2.82 bits per heavy atom. The van der Waals surface area contributed by atoms with Crippen LogP contribution >= 0.6 is 11.6 Å². The van der Waals surface area contributed by atoms with Gasteiger partial charge in [-0.25, -0.2) is 0 Å². The molecule has 7 heteroatoms. The zero-order valence-corrected chi connectivity index (χ0v) is 13.5. The third kappa shape index (κ3) is 4.04. The predicted octanol–water partition coefficient (Wildman–Crippen LogP) is 1.28. The lowest BCUT2D eigenvalue weighted by molar-refractivity contribution is -0.141. The van der Waals surface area contributed by atoms with Crippen molar-refractivity contribution in [2.75, 3.05) is 50.1 Å². The standard InChI is InChI=1S/C15H20ClN3O3/c1-18-6-3-7-19(10-14(20)17-9-15(21)22-2)13-8-11(16)4-5-12(13)18/h4-5,8H,3,6-7,9-10H2,1-2H3,(H,17,20). The Balaban J connectivity index is 2.10. The van der Waals surface area contributed by atoms with Crippen LogP contribution in [-0.4, -0.2) is 52.2 Å². The van der Waals surface area contributed by atoms with E-state index in [1.165, 1.54) is 7.11 Å². The lowest BCUT2D eigenvalue weighted by Gasteiger charge is -2.25. The maximum atomic E-state index is 12.0. The fourth-order valence-corrected chi connectivity index (χ4v) is 2.62. The van der Waals surface area contributed by atoms with Gasteiger partial charge in [-0.15, -0.1) is 0 Å². The molecule has 0 aliphatic carbocycles. The van der Waals surface area contributed by atoms with Crippen molar-refractivity contribution in [2.24, 2.45) is 0 Å². The first-order chi connectivity index (χ1) is 10.5. The Hall–Kier alpha value is -1.95. The molecule has 0 saturated heterocycles. The number of ether oxygens (including phenoxy) is 1. The third-order valence-electron chi connectivity index (χ3n) is 3.60. The van der Waals surface area contributed by atoms with Crippen LogP contribution in [0.1, 0.15) is 6.42 Å². The minimum atomic E-state index is -0.465. The highest BCUT2D eigenvalue weighted by molar-refractivity contribution is 6.31. The number of rotatable bonds is 4. The van der Waals surface area contributed by atoms with Crippen molar-refractivity contribution in [1.29, 1.82) is 0 Å². The van der Waals surface area contributed by atoms with Crippen LogP contribution in [0.4, 0.5) is 11.4 Å². The number of nitrogens with zero attached hydrogens (tertiary/aromatic N) is 2. The van der Waals surface area contributed by atoms with Gasteiger partial charge in [0.15, 0.2) is 0 Å². The Bertz CT molecular complexity index is 565. The smallest absolute Gasteiger partial charge is 0.325 e. The van der Waals surface area contributed by atoms with Gasteiger partial charge in [-0.1, -0.05) is 11.6 Å². The number of fused-ring (bicyclic) bond motifs is 1. The topological polar surface area (TPSA) is 61.9 Å². The molecule has 0 saturated carbocycles. The Morgan fingerprint density at radius 1 is 1.32 bits per heavy atom. The highest BCUT2D eigenvalue weighted by Gasteiger charge is 2.20. The molecule has 1 amide bonds. The average Bonchev–Trinajstić information content (AvgIpc) is 2.64. The molecule has 0 fully saturated rings. The van der Waals surface area contributed by atoms with E-state index in [1.54, 1.807) is 0 Å². The van der Waals surface area contributed by atoms with Crippen LogP contribution in [0.2, 0.25) is 5.02 Å². The SMILES string of the molecule is COC(=O)CNC(=O)CN1CCCN(C)c2ccc(Cl)cc21. The molecule has 1 aliphatic rings. The van der Waals surface area contributed by atoms with Crippen molar-refractivity contribution in [2.45, 2.75) is 6.42 Å². The van der Waals surface area contributed by atoms with Crippen molar-refractivity contribution < 1.29 is 14.3 Å². The molecule has 22 heavy (non-hydrogen) atoms. The fraction of sp³-hybridized carbons (Fsp3) is 0.467. The average molecular weight is 326 g/mol. The first kappa shape index (κ1) is 16.4. The summed E-state index contributed by atoms with van der Waals surface area (Å²) in [6.07, 6.45) is 0.938. The molecule has 0 radical (unpaired) electrons. The molecule has 0 bridgehead atoms. The summed E-state index contributed by atoms with van der Waals surface area (Å²) >= 11 is 6.09. The number of benzene rings is 1. The first-order valence-corrected chi connectivity index (χ1v) is 7.48. The van der Waals surface area contributed by atoms with Gasteiger partial charge in [0.05, 0.1) is 25.0 Å². The van der Waals surface area contributed by atoms with Gasteiger partial charge in [0.25, 0.3) is 0 Å². The summed E-state index contributed by atoms with van der Waals surface area (Å²) < 4.78 is 4.51. The summed E-state index contributed by atoms with van der Waals surface area (Å²) in [7, 11) is 3.31.